The highest BCUT2D eigenvalue weighted by atomic mass is 16.5. The van der Waals surface area contributed by atoms with Gasteiger partial charge in [-0.2, -0.15) is 0 Å². The summed E-state index contributed by atoms with van der Waals surface area (Å²) in [5.41, 5.74) is 7.12. The molecular weight excluding hydrogens is 210 g/mol. The van der Waals surface area contributed by atoms with Gasteiger partial charge in [0.2, 0.25) is 0 Å². The summed E-state index contributed by atoms with van der Waals surface area (Å²) in [5, 5.41) is 2.37. The zero-order chi connectivity index (χ0) is 12.5. The van der Waals surface area contributed by atoms with Crippen LogP contribution in [0.1, 0.15) is 19.4 Å². The first-order chi connectivity index (χ1) is 8.10. The van der Waals surface area contributed by atoms with Crippen molar-refractivity contribution in [3.05, 3.63) is 42.0 Å². The van der Waals surface area contributed by atoms with E-state index >= 15 is 0 Å². The zero-order valence-electron chi connectivity index (χ0n) is 10.7. The van der Waals surface area contributed by atoms with Crippen molar-refractivity contribution in [2.75, 3.05) is 13.7 Å². The number of benzene rings is 2. The third kappa shape index (κ3) is 2.01. The highest BCUT2D eigenvalue weighted by Gasteiger charge is 2.21. The van der Waals surface area contributed by atoms with Crippen LogP contribution >= 0.6 is 0 Å². The lowest BCUT2D eigenvalue weighted by atomic mass is 9.82. The fourth-order valence-electron chi connectivity index (χ4n) is 2.15. The first kappa shape index (κ1) is 11.9. The molecule has 2 N–H and O–H groups in total. The molecule has 2 aromatic rings. The Bertz CT molecular complexity index is 531. The van der Waals surface area contributed by atoms with Crippen molar-refractivity contribution < 1.29 is 4.74 Å². The maximum Gasteiger partial charge on any atom is 0.126 e. The van der Waals surface area contributed by atoms with Gasteiger partial charge in [-0.3, -0.25) is 0 Å². The molecule has 2 aromatic carbocycles. The fraction of sp³-hybridized carbons (Fsp3) is 0.333. The minimum atomic E-state index is -0.0219. The normalized spacial score (nSPS) is 11.8. The molecule has 0 saturated carbocycles. The Balaban J connectivity index is 2.75. The number of rotatable bonds is 3. The summed E-state index contributed by atoms with van der Waals surface area (Å²) in [6.07, 6.45) is 0. The highest BCUT2D eigenvalue weighted by molar-refractivity contribution is 5.91. The molecule has 0 aromatic heterocycles. The number of fused-ring (bicyclic) bond motifs is 1. The maximum absolute atomic E-state index is 5.87. The fourth-order valence-corrected chi connectivity index (χ4v) is 2.15. The molecule has 90 valence electrons. The predicted molar refractivity (Wildman–Crippen MR) is 72.6 cm³/mol. The van der Waals surface area contributed by atoms with Gasteiger partial charge in [0.15, 0.2) is 0 Å². The molecule has 0 unspecified atom stereocenters. The van der Waals surface area contributed by atoms with Crippen LogP contribution < -0.4 is 10.5 Å². The van der Waals surface area contributed by atoms with Crippen LogP contribution in [0.5, 0.6) is 5.75 Å². The van der Waals surface area contributed by atoms with E-state index in [1.54, 1.807) is 7.11 Å². The highest BCUT2D eigenvalue weighted by Crippen LogP contribution is 2.34. The van der Waals surface area contributed by atoms with Crippen molar-refractivity contribution in [2.45, 2.75) is 19.3 Å². The van der Waals surface area contributed by atoms with E-state index in [1.165, 1.54) is 10.9 Å². The lowest BCUT2D eigenvalue weighted by molar-refractivity contribution is 0.419. The molecule has 0 fully saturated rings. The van der Waals surface area contributed by atoms with Gasteiger partial charge in [-0.05, 0) is 17.0 Å². The van der Waals surface area contributed by atoms with Gasteiger partial charge in [0, 0.05) is 17.3 Å². The van der Waals surface area contributed by atoms with E-state index in [2.05, 4.69) is 38.1 Å². The molecule has 2 nitrogen and oxygen atoms in total. The summed E-state index contributed by atoms with van der Waals surface area (Å²) < 4.78 is 5.40. The standard InChI is InChI=1S/C15H19NO/c1-15(2,10-16)13-8-9-14(17-3)12-7-5-4-6-11(12)13/h4-9H,10,16H2,1-3H3. The molecule has 0 radical (unpaired) electrons. The summed E-state index contributed by atoms with van der Waals surface area (Å²) in [5.74, 6) is 0.914. The van der Waals surface area contributed by atoms with E-state index in [0.717, 1.165) is 11.1 Å². The van der Waals surface area contributed by atoms with Crippen LogP contribution in [0.4, 0.5) is 0 Å². The van der Waals surface area contributed by atoms with Crippen molar-refractivity contribution >= 4 is 10.8 Å². The van der Waals surface area contributed by atoms with Crippen molar-refractivity contribution in [1.82, 2.24) is 0 Å². The van der Waals surface area contributed by atoms with Crippen molar-refractivity contribution in [2.24, 2.45) is 5.73 Å². The summed E-state index contributed by atoms with van der Waals surface area (Å²) in [4.78, 5) is 0. The molecule has 0 atom stereocenters. The minimum Gasteiger partial charge on any atom is -0.496 e. The topological polar surface area (TPSA) is 35.2 Å². The lowest BCUT2D eigenvalue weighted by Gasteiger charge is -2.25. The van der Waals surface area contributed by atoms with Crippen LogP contribution in [0.2, 0.25) is 0 Å². The van der Waals surface area contributed by atoms with E-state index in [9.17, 15) is 0 Å². The molecule has 2 heteroatoms. The second kappa shape index (κ2) is 4.38. The van der Waals surface area contributed by atoms with E-state index in [0.29, 0.717) is 6.54 Å². The van der Waals surface area contributed by atoms with Crippen LogP contribution in [0.3, 0.4) is 0 Å². The zero-order valence-corrected chi connectivity index (χ0v) is 10.7. The molecule has 2 rings (SSSR count). The number of hydrogen-bond donors (Lipinski definition) is 1. The van der Waals surface area contributed by atoms with E-state index in [-0.39, 0.29) is 5.41 Å². The van der Waals surface area contributed by atoms with Gasteiger partial charge in [0.1, 0.15) is 5.75 Å². The molecule has 0 heterocycles. The quantitative estimate of drug-likeness (QED) is 0.877. The average molecular weight is 229 g/mol. The minimum absolute atomic E-state index is 0.0219. The SMILES string of the molecule is COc1ccc(C(C)(C)CN)c2ccccc12. The number of hydrogen-bond acceptors (Lipinski definition) is 2. The van der Waals surface area contributed by atoms with Gasteiger partial charge >= 0.3 is 0 Å². The van der Waals surface area contributed by atoms with Gasteiger partial charge in [0.25, 0.3) is 0 Å². The molecule has 17 heavy (non-hydrogen) atoms. The van der Waals surface area contributed by atoms with Crippen molar-refractivity contribution in [3.63, 3.8) is 0 Å². The Morgan fingerprint density at radius 3 is 2.29 bits per heavy atom. The third-order valence-electron chi connectivity index (χ3n) is 3.34. The van der Waals surface area contributed by atoms with Crippen molar-refractivity contribution in [3.8, 4) is 5.75 Å². The molecule has 0 aliphatic heterocycles. The lowest BCUT2D eigenvalue weighted by Crippen LogP contribution is -2.28. The van der Waals surface area contributed by atoms with Crippen LogP contribution in [0.15, 0.2) is 36.4 Å². The van der Waals surface area contributed by atoms with Crippen LogP contribution in [0.25, 0.3) is 10.8 Å². The summed E-state index contributed by atoms with van der Waals surface area (Å²) in [6, 6.07) is 12.4. The van der Waals surface area contributed by atoms with Crippen LogP contribution in [-0.4, -0.2) is 13.7 Å². The first-order valence-corrected chi connectivity index (χ1v) is 5.86. The third-order valence-corrected chi connectivity index (χ3v) is 3.34. The van der Waals surface area contributed by atoms with Gasteiger partial charge in [-0.1, -0.05) is 44.2 Å². The smallest absolute Gasteiger partial charge is 0.126 e. The Morgan fingerprint density at radius 2 is 1.71 bits per heavy atom. The van der Waals surface area contributed by atoms with Gasteiger partial charge in [-0.25, -0.2) is 0 Å². The van der Waals surface area contributed by atoms with E-state index in [4.69, 9.17) is 10.5 Å². The van der Waals surface area contributed by atoms with Gasteiger partial charge in [0.05, 0.1) is 7.11 Å². The molecule has 0 saturated heterocycles. The summed E-state index contributed by atoms with van der Waals surface area (Å²) in [7, 11) is 1.70. The Morgan fingerprint density at radius 1 is 1.06 bits per heavy atom. The molecule has 0 aliphatic carbocycles. The second-order valence-electron chi connectivity index (χ2n) is 4.95. The maximum atomic E-state index is 5.87. The summed E-state index contributed by atoms with van der Waals surface area (Å²) >= 11 is 0. The Kier molecular flexibility index (Phi) is 3.07. The molecule has 0 spiro atoms. The van der Waals surface area contributed by atoms with Crippen LogP contribution in [0, 0.1) is 0 Å². The Hall–Kier alpha value is -1.54. The number of ether oxygens (including phenoxy) is 1. The number of methoxy groups -OCH3 is 1. The van der Waals surface area contributed by atoms with Gasteiger partial charge in [-0.15, -0.1) is 0 Å². The molecule has 0 bridgehead atoms. The van der Waals surface area contributed by atoms with Crippen LogP contribution in [-0.2, 0) is 5.41 Å². The monoisotopic (exact) mass is 229 g/mol. The molecule has 0 aliphatic rings. The predicted octanol–water partition coefficient (Wildman–Crippen LogP) is 3.08. The number of nitrogens with two attached hydrogens (primary N) is 1. The van der Waals surface area contributed by atoms with Crippen molar-refractivity contribution in [1.29, 1.82) is 0 Å². The van der Waals surface area contributed by atoms with E-state index in [1.807, 2.05) is 12.1 Å². The second-order valence-corrected chi connectivity index (χ2v) is 4.95. The first-order valence-electron chi connectivity index (χ1n) is 5.86. The molecule has 0 amide bonds. The van der Waals surface area contributed by atoms with E-state index < -0.39 is 0 Å². The average Bonchev–Trinajstić information content (AvgIpc) is 2.37. The Labute approximate surface area is 102 Å². The largest absolute Gasteiger partial charge is 0.496 e. The van der Waals surface area contributed by atoms with Gasteiger partial charge < -0.3 is 10.5 Å². The molecular formula is C15H19NO. The summed E-state index contributed by atoms with van der Waals surface area (Å²) in [6.45, 7) is 4.96.